The van der Waals surface area contributed by atoms with Crippen molar-refractivity contribution < 1.29 is 9.53 Å². The van der Waals surface area contributed by atoms with Crippen molar-refractivity contribution >= 4 is 5.97 Å². The Bertz CT molecular complexity index is 228. The smallest absolute Gasteiger partial charge is 0.309 e. The number of hydrogen-bond donors (Lipinski definition) is 0. The van der Waals surface area contributed by atoms with Gasteiger partial charge in [0.25, 0.3) is 0 Å². The monoisotopic (exact) mass is 180 g/mol. The first-order valence-corrected chi connectivity index (χ1v) is 4.66. The van der Waals surface area contributed by atoms with Crippen LogP contribution in [0.15, 0.2) is 24.3 Å². The Labute approximate surface area is 79.3 Å². The van der Waals surface area contributed by atoms with Crippen molar-refractivity contribution in [2.75, 3.05) is 6.61 Å². The minimum Gasteiger partial charge on any atom is -0.461 e. The Balaban J connectivity index is 2.30. The van der Waals surface area contributed by atoms with E-state index in [1.165, 1.54) is 0 Å². The zero-order chi connectivity index (χ0) is 9.68. The molecule has 0 radical (unpaired) electrons. The number of esters is 1. The molecule has 0 aromatic carbocycles. The molecular weight excluding hydrogens is 164 g/mol. The highest BCUT2D eigenvalue weighted by molar-refractivity contribution is 5.73. The number of ether oxygens (including phenoxy) is 1. The van der Waals surface area contributed by atoms with E-state index >= 15 is 0 Å². The average molecular weight is 180 g/mol. The summed E-state index contributed by atoms with van der Waals surface area (Å²) in [6.45, 7) is 5.90. The van der Waals surface area contributed by atoms with Gasteiger partial charge < -0.3 is 4.74 Å². The molecule has 0 fully saturated rings. The molecule has 1 unspecified atom stereocenters. The zero-order valence-electron chi connectivity index (χ0n) is 8.08. The molecule has 1 aliphatic carbocycles. The molecule has 0 amide bonds. The van der Waals surface area contributed by atoms with Gasteiger partial charge in [-0.05, 0) is 31.8 Å². The Kier molecular flexibility index (Phi) is 3.74. The number of allylic oxidation sites excluding steroid dienone is 2. The van der Waals surface area contributed by atoms with E-state index < -0.39 is 0 Å². The molecule has 1 atom stereocenters. The van der Waals surface area contributed by atoms with Gasteiger partial charge in [0.05, 0.1) is 5.92 Å². The molecule has 2 nitrogen and oxygen atoms in total. The fourth-order valence-electron chi connectivity index (χ4n) is 1.32. The van der Waals surface area contributed by atoms with Crippen LogP contribution in [-0.4, -0.2) is 12.6 Å². The molecule has 0 heterocycles. The molecule has 13 heavy (non-hydrogen) atoms. The van der Waals surface area contributed by atoms with E-state index in [0.717, 1.165) is 24.8 Å². The van der Waals surface area contributed by atoms with Crippen LogP contribution in [0.5, 0.6) is 0 Å². The molecule has 1 rings (SSSR count). The maximum absolute atomic E-state index is 11.4. The molecule has 0 N–H and O–H groups in total. The van der Waals surface area contributed by atoms with Gasteiger partial charge in [-0.3, -0.25) is 4.79 Å². The molecule has 0 saturated carbocycles. The second kappa shape index (κ2) is 4.85. The van der Waals surface area contributed by atoms with E-state index in [2.05, 4.69) is 18.7 Å². The van der Waals surface area contributed by atoms with Crippen LogP contribution in [-0.2, 0) is 9.53 Å². The third kappa shape index (κ3) is 3.45. The molecule has 0 spiro atoms. The molecule has 0 aromatic heterocycles. The van der Waals surface area contributed by atoms with Crippen molar-refractivity contribution in [2.45, 2.75) is 26.2 Å². The van der Waals surface area contributed by atoms with Gasteiger partial charge in [-0.2, -0.15) is 0 Å². The number of hydrogen-bond acceptors (Lipinski definition) is 2. The molecule has 0 aliphatic heterocycles. The summed E-state index contributed by atoms with van der Waals surface area (Å²) in [5, 5.41) is 0. The largest absolute Gasteiger partial charge is 0.461 e. The van der Waals surface area contributed by atoms with Gasteiger partial charge in [-0.1, -0.05) is 18.7 Å². The van der Waals surface area contributed by atoms with Crippen LogP contribution in [0.2, 0.25) is 0 Å². The Hall–Kier alpha value is -1.05. The molecule has 72 valence electrons. The first kappa shape index (κ1) is 10.0. The maximum atomic E-state index is 11.4. The minimum atomic E-state index is -0.0765. The lowest BCUT2D eigenvalue weighted by molar-refractivity contribution is -0.147. The topological polar surface area (TPSA) is 26.3 Å². The summed E-state index contributed by atoms with van der Waals surface area (Å²) in [7, 11) is 0. The van der Waals surface area contributed by atoms with E-state index in [1.54, 1.807) is 0 Å². The lowest BCUT2D eigenvalue weighted by atomic mass is 9.95. The second-order valence-corrected chi connectivity index (χ2v) is 3.55. The van der Waals surface area contributed by atoms with Crippen molar-refractivity contribution in [1.82, 2.24) is 0 Å². The van der Waals surface area contributed by atoms with Gasteiger partial charge in [0.15, 0.2) is 0 Å². The zero-order valence-corrected chi connectivity index (χ0v) is 8.08. The number of rotatable bonds is 3. The SMILES string of the molecule is C=C(C)COC(=O)C1CC=CCC1. The Morgan fingerprint density at radius 3 is 2.92 bits per heavy atom. The minimum absolute atomic E-state index is 0.0735. The summed E-state index contributed by atoms with van der Waals surface area (Å²) < 4.78 is 5.07. The highest BCUT2D eigenvalue weighted by Gasteiger charge is 2.19. The first-order valence-electron chi connectivity index (χ1n) is 4.66. The van der Waals surface area contributed by atoms with Crippen molar-refractivity contribution in [1.29, 1.82) is 0 Å². The first-order chi connectivity index (χ1) is 6.20. The highest BCUT2D eigenvalue weighted by Crippen LogP contribution is 2.19. The van der Waals surface area contributed by atoms with Crippen LogP contribution in [0.4, 0.5) is 0 Å². The van der Waals surface area contributed by atoms with Gasteiger partial charge in [-0.25, -0.2) is 0 Å². The third-order valence-corrected chi connectivity index (χ3v) is 2.06. The van der Waals surface area contributed by atoms with Gasteiger partial charge in [0.1, 0.15) is 6.61 Å². The standard InChI is InChI=1S/C11H16O2/c1-9(2)8-13-11(12)10-6-4-3-5-7-10/h3-4,10H,1,5-8H2,2H3. The lowest BCUT2D eigenvalue weighted by Crippen LogP contribution is -2.19. The molecular formula is C11H16O2. The van der Waals surface area contributed by atoms with Crippen LogP contribution in [0, 0.1) is 5.92 Å². The van der Waals surface area contributed by atoms with Crippen LogP contribution in [0.3, 0.4) is 0 Å². The summed E-state index contributed by atoms with van der Waals surface area (Å²) in [5.41, 5.74) is 0.889. The summed E-state index contributed by atoms with van der Waals surface area (Å²) in [4.78, 5) is 11.4. The molecule has 2 heteroatoms. The van der Waals surface area contributed by atoms with Crippen molar-refractivity contribution in [2.24, 2.45) is 5.92 Å². The predicted molar refractivity (Wildman–Crippen MR) is 52.3 cm³/mol. The average Bonchev–Trinajstić information content (AvgIpc) is 2.15. The summed E-state index contributed by atoms with van der Waals surface area (Å²) >= 11 is 0. The second-order valence-electron chi connectivity index (χ2n) is 3.55. The molecule has 0 saturated heterocycles. The van der Waals surface area contributed by atoms with E-state index in [-0.39, 0.29) is 11.9 Å². The summed E-state index contributed by atoms with van der Waals surface area (Å²) in [5.74, 6) is -0.00306. The van der Waals surface area contributed by atoms with Crippen LogP contribution in [0.25, 0.3) is 0 Å². The van der Waals surface area contributed by atoms with E-state index in [9.17, 15) is 4.79 Å². The van der Waals surface area contributed by atoms with E-state index in [0.29, 0.717) is 6.61 Å². The van der Waals surface area contributed by atoms with Crippen LogP contribution >= 0.6 is 0 Å². The van der Waals surface area contributed by atoms with Crippen LogP contribution in [0.1, 0.15) is 26.2 Å². The number of carbonyl (C=O) groups excluding carboxylic acids is 1. The Morgan fingerprint density at radius 2 is 2.38 bits per heavy atom. The molecule has 0 bridgehead atoms. The van der Waals surface area contributed by atoms with Crippen molar-refractivity contribution in [3.63, 3.8) is 0 Å². The normalized spacial score (nSPS) is 21.2. The van der Waals surface area contributed by atoms with Crippen LogP contribution < -0.4 is 0 Å². The molecule has 1 aliphatic rings. The van der Waals surface area contributed by atoms with Gasteiger partial charge >= 0.3 is 5.97 Å². The lowest BCUT2D eigenvalue weighted by Gasteiger charge is -2.16. The molecule has 0 aromatic rings. The maximum Gasteiger partial charge on any atom is 0.309 e. The van der Waals surface area contributed by atoms with E-state index in [4.69, 9.17) is 4.74 Å². The fourth-order valence-corrected chi connectivity index (χ4v) is 1.32. The fraction of sp³-hybridized carbons (Fsp3) is 0.545. The van der Waals surface area contributed by atoms with Crippen molar-refractivity contribution in [3.05, 3.63) is 24.3 Å². The van der Waals surface area contributed by atoms with E-state index in [1.807, 2.05) is 6.92 Å². The Morgan fingerprint density at radius 1 is 1.62 bits per heavy atom. The summed E-state index contributed by atoms with van der Waals surface area (Å²) in [6, 6.07) is 0. The number of carbonyl (C=O) groups is 1. The van der Waals surface area contributed by atoms with Gasteiger partial charge in [0, 0.05) is 0 Å². The quantitative estimate of drug-likeness (QED) is 0.492. The third-order valence-electron chi connectivity index (χ3n) is 2.06. The summed E-state index contributed by atoms with van der Waals surface area (Å²) in [6.07, 6.45) is 6.91. The van der Waals surface area contributed by atoms with Crippen molar-refractivity contribution in [3.8, 4) is 0 Å². The predicted octanol–water partition coefficient (Wildman–Crippen LogP) is 2.46. The highest BCUT2D eigenvalue weighted by atomic mass is 16.5. The van der Waals surface area contributed by atoms with Gasteiger partial charge in [0.2, 0.25) is 0 Å². The van der Waals surface area contributed by atoms with Gasteiger partial charge in [-0.15, -0.1) is 0 Å².